The number of nitrogens with one attached hydrogen (secondary N) is 1. The third-order valence-corrected chi connectivity index (χ3v) is 7.04. The number of ether oxygens (including phenoxy) is 1. The molecule has 0 saturated carbocycles. The van der Waals surface area contributed by atoms with Crippen LogP contribution in [0.25, 0.3) is 0 Å². The molecule has 7 nitrogen and oxygen atoms in total. The number of hydrogen-bond acceptors (Lipinski definition) is 5. The second-order valence-electron chi connectivity index (χ2n) is 7.48. The van der Waals surface area contributed by atoms with E-state index in [9.17, 15) is 18.0 Å². The Bertz CT molecular complexity index is 1070. The van der Waals surface area contributed by atoms with Gasteiger partial charge in [-0.2, -0.15) is 0 Å². The number of sulfonamides is 1. The molecule has 1 amide bonds. The average molecular weight is 465 g/mol. The Morgan fingerprint density at radius 3 is 2.45 bits per heavy atom. The van der Waals surface area contributed by atoms with Gasteiger partial charge in [0, 0.05) is 36.6 Å². The number of methoxy groups -OCH3 is 1. The third-order valence-electron chi connectivity index (χ3n) is 5.25. The lowest BCUT2D eigenvalue weighted by Gasteiger charge is -2.22. The lowest BCUT2D eigenvalue weighted by atomic mass is 10.1. The third kappa shape index (κ3) is 5.84. The van der Waals surface area contributed by atoms with Gasteiger partial charge in [0.15, 0.2) is 0 Å². The van der Waals surface area contributed by atoms with Crippen LogP contribution in [-0.2, 0) is 37.2 Å². The molecule has 0 fully saturated rings. The van der Waals surface area contributed by atoms with Gasteiger partial charge in [-0.25, -0.2) is 13.1 Å². The molecule has 2 aromatic rings. The second-order valence-corrected chi connectivity index (χ2v) is 9.63. The van der Waals surface area contributed by atoms with E-state index in [-0.39, 0.29) is 29.2 Å². The Labute approximate surface area is 187 Å². The quantitative estimate of drug-likeness (QED) is 0.606. The minimum atomic E-state index is -3.66. The van der Waals surface area contributed by atoms with Crippen LogP contribution in [-0.4, -0.2) is 40.0 Å². The first kappa shape index (κ1) is 23.2. The number of rotatable bonds is 8. The van der Waals surface area contributed by atoms with Crippen LogP contribution in [0.4, 0.5) is 5.69 Å². The van der Waals surface area contributed by atoms with Gasteiger partial charge in [0.05, 0.1) is 12.0 Å². The zero-order valence-corrected chi connectivity index (χ0v) is 19.0. The molecule has 1 aliphatic carbocycles. The van der Waals surface area contributed by atoms with Gasteiger partial charge < -0.3 is 9.64 Å². The van der Waals surface area contributed by atoms with Gasteiger partial charge in [0.1, 0.15) is 0 Å². The van der Waals surface area contributed by atoms with Crippen molar-refractivity contribution in [1.82, 2.24) is 4.72 Å². The number of carbonyl (C=O) groups excluding carboxylic acids is 2. The van der Waals surface area contributed by atoms with E-state index >= 15 is 0 Å². The summed E-state index contributed by atoms with van der Waals surface area (Å²) in [6.07, 6.45) is 1.83. The molecule has 3 rings (SSSR count). The van der Waals surface area contributed by atoms with E-state index in [1.165, 1.54) is 26.2 Å². The van der Waals surface area contributed by atoms with Gasteiger partial charge >= 0.3 is 5.97 Å². The highest BCUT2D eigenvalue weighted by atomic mass is 35.5. The van der Waals surface area contributed by atoms with Gasteiger partial charge in [0.2, 0.25) is 15.9 Å². The maximum Gasteiger partial charge on any atom is 0.305 e. The number of esters is 1. The lowest BCUT2D eigenvalue weighted by molar-refractivity contribution is -0.140. The normalized spacial score (nSPS) is 15.4. The summed E-state index contributed by atoms with van der Waals surface area (Å²) < 4.78 is 32.7. The van der Waals surface area contributed by atoms with Gasteiger partial charge in [-0.05, 0) is 66.8 Å². The number of nitrogens with zero attached hydrogens (tertiary/aromatic N) is 1. The Morgan fingerprint density at radius 2 is 1.81 bits per heavy atom. The van der Waals surface area contributed by atoms with Crippen molar-refractivity contribution in [1.29, 1.82) is 0 Å². The molecule has 0 spiro atoms. The first-order valence-electron chi connectivity index (χ1n) is 9.94. The molecule has 2 aromatic carbocycles. The van der Waals surface area contributed by atoms with Crippen molar-refractivity contribution in [2.45, 2.75) is 43.5 Å². The largest absolute Gasteiger partial charge is 0.469 e. The summed E-state index contributed by atoms with van der Waals surface area (Å²) in [4.78, 5) is 25.3. The molecule has 166 valence electrons. The highest BCUT2D eigenvalue weighted by Crippen LogP contribution is 2.28. The van der Waals surface area contributed by atoms with Crippen molar-refractivity contribution in [3.05, 3.63) is 58.6 Å². The Hall–Kier alpha value is -2.42. The second kappa shape index (κ2) is 9.80. The van der Waals surface area contributed by atoms with Crippen LogP contribution in [0.5, 0.6) is 0 Å². The lowest BCUT2D eigenvalue weighted by Crippen LogP contribution is -2.35. The zero-order chi connectivity index (χ0) is 22.6. The fourth-order valence-corrected chi connectivity index (χ4v) is 5.07. The molecular weight excluding hydrogens is 440 g/mol. The van der Waals surface area contributed by atoms with E-state index in [1.54, 1.807) is 17.0 Å². The summed E-state index contributed by atoms with van der Waals surface area (Å²) in [7, 11) is -2.32. The molecule has 9 heteroatoms. The van der Waals surface area contributed by atoms with Gasteiger partial charge in [-0.1, -0.05) is 17.7 Å². The number of carbonyl (C=O) groups is 2. The van der Waals surface area contributed by atoms with Crippen LogP contribution in [0.15, 0.2) is 47.4 Å². The number of anilines is 1. The van der Waals surface area contributed by atoms with Crippen LogP contribution in [0.3, 0.4) is 0 Å². The zero-order valence-electron chi connectivity index (χ0n) is 17.4. The summed E-state index contributed by atoms with van der Waals surface area (Å²) in [5.41, 5.74) is 2.78. The maximum absolute atomic E-state index is 12.7. The Balaban J connectivity index is 1.69. The molecule has 0 aromatic heterocycles. The summed E-state index contributed by atoms with van der Waals surface area (Å²) >= 11 is 5.84. The van der Waals surface area contributed by atoms with E-state index < -0.39 is 10.0 Å². The SMILES string of the molecule is COC(=O)CCCN(C(C)=O)c1ccc2c(c1)CC(NS(=O)(=O)c1ccc(Cl)cc1)C2. The summed E-state index contributed by atoms with van der Waals surface area (Å²) in [5, 5.41) is 0.473. The van der Waals surface area contributed by atoms with Gasteiger partial charge in [-0.15, -0.1) is 0 Å². The van der Waals surface area contributed by atoms with E-state index in [2.05, 4.69) is 9.46 Å². The standard InChI is InChI=1S/C22H25ClN2O5S/c1-15(26)25(11-3-4-22(27)30-2)20-8-5-16-12-19(13-17(16)14-20)24-31(28,29)21-9-6-18(23)7-10-21/h5-10,14,19,24H,3-4,11-13H2,1-2H3. The predicted molar refractivity (Wildman–Crippen MR) is 119 cm³/mol. The van der Waals surface area contributed by atoms with E-state index in [1.807, 2.05) is 18.2 Å². The van der Waals surface area contributed by atoms with E-state index in [0.29, 0.717) is 30.8 Å². The number of halogens is 1. The maximum atomic E-state index is 12.7. The molecule has 0 heterocycles. The molecule has 0 saturated heterocycles. The molecule has 1 N–H and O–H groups in total. The fourth-order valence-electron chi connectivity index (χ4n) is 3.71. The number of amides is 1. The molecular formula is C22H25ClN2O5S. The topological polar surface area (TPSA) is 92.8 Å². The number of benzene rings is 2. The van der Waals surface area contributed by atoms with Crippen molar-refractivity contribution in [2.24, 2.45) is 0 Å². The molecule has 1 aliphatic rings. The molecule has 0 bridgehead atoms. The average Bonchev–Trinajstić information content (AvgIpc) is 3.11. The smallest absolute Gasteiger partial charge is 0.305 e. The van der Waals surface area contributed by atoms with Gasteiger partial charge in [-0.3, -0.25) is 9.59 Å². The summed E-state index contributed by atoms with van der Waals surface area (Å²) in [5.74, 6) is -0.434. The molecule has 0 aliphatic heterocycles. The summed E-state index contributed by atoms with van der Waals surface area (Å²) in [6, 6.07) is 11.5. The van der Waals surface area contributed by atoms with E-state index in [4.69, 9.17) is 11.6 Å². The van der Waals surface area contributed by atoms with Crippen LogP contribution >= 0.6 is 11.6 Å². The van der Waals surface area contributed by atoms with Crippen LogP contribution in [0, 0.1) is 0 Å². The molecule has 1 atom stereocenters. The minimum absolute atomic E-state index is 0.122. The number of fused-ring (bicyclic) bond motifs is 1. The Morgan fingerprint density at radius 1 is 1.13 bits per heavy atom. The predicted octanol–water partition coefficient (Wildman–Crippen LogP) is 3.09. The first-order chi connectivity index (χ1) is 14.7. The fraction of sp³-hybridized carbons (Fsp3) is 0.364. The molecule has 0 radical (unpaired) electrons. The van der Waals surface area contributed by atoms with Crippen LogP contribution in [0.1, 0.15) is 30.9 Å². The van der Waals surface area contributed by atoms with Crippen molar-refractivity contribution in [3.8, 4) is 0 Å². The number of hydrogen-bond donors (Lipinski definition) is 1. The molecule has 31 heavy (non-hydrogen) atoms. The monoisotopic (exact) mass is 464 g/mol. The van der Waals surface area contributed by atoms with Crippen LogP contribution < -0.4 is 9.62 Å². The molecule has 1 unspecified atom stereocenters. The van der Waals surface area contributed by atoms with Crippen molar-refractivity contribution in [2.75, 3.05) is 18.6 Å². The highest BCUT2D eigenvalue weighted by Gasteiger charge is 2.27. The first-order valence-corrected chi connectivity index (χ1v) is 11.8. The van der Waals surface area contributed by atoms with Crippen molar-refractivity contribution >= 4 is 39.2 Å². The van der Waals surface area contributed by atoms with E-state index in [0.717, 1.165) is 16.8 Å². The Kier molecular flexibility index (Phi) is 7.35. The highest BCUT2D eigenvalue weighted by molar-refractivity contribution is 7.89. The van der Waals surface area contributed by atoms with Crippen molar-refractivity contribution in [3.63, 3.8) is 0 Å². The van der Waals surface area contributed by atoms with Crippen LogP contribution in [0.2, 0.25) is 5.02 Å². The van der Waals surface area contributed by atoms with Crippen molar-refractivity contribution < 1.29 is 22.7 Å². The van der Waals surface area contributed by atoms with Gasteiger partial charge in [0.25, 0.3) is 0 Å². The summed E-state index contributed by atoms with van der Waals surface area (Å²) in [6.45, 7) is 1.88. The minimum Gasteiger partial charge on any atom is -0.469 e.